The lowest BCUT2D eigenvalue weighted by atomic mass is 10.3. The first kappa shape index (κ1) is 11.7. The molecule has 0 aromatic rings. The molecule has 0 radical (unpaired) electrons. The van der Waals surface area contributed by atoms with Gasteiger partial charge in [-0.2, -0.15) is 0 Å². The molecule has 6 nitrogen and oxygen atoms in total. The Morgan fingerprint density at radius 3 is 2.11 bits per heavy atom. The van der Waals surface area contributed by atoms with Gasteiger partial charge in [-0.1, -0.05) is 18.2 Å². The number of anilines is 1. The third-order valence-corrected chi connectivity index (χ3v) is 3.27. The van der Waals surface area contributed by atoms with Crippen LogP contribution in [0.4, 0.5) is 10.7 Å². The molecule has 98 valence electrons. The Kier molecular flexibility index (Phi) is 2.91. The van der Waals surface area contributed by atoms with Gasteiger partial charge in [0, 0.05) is 26.2 Å². The van der Waals surface area contributed by atoms with E-state index >= 15 is 0 Å². The lowest BCUT2D eigenvalue weighted by Gasteiger charge is -2.32. The molecule has 1 fully saturated rings. The number of imidazole rings is 1. The Hall–Kier alpha value is -2.37. The molecule has 1 amide bonds. The third-order valence-electron chi connectivity index (χ3n) is 3.27. The summed E-state index contributed by atoms with van der Waals surface area (Å²) in [4.78, 5) is 23.3. The first-order valence-electron chi connectivity index (χ1n) is 6.19. The van der Waals surface area contributed by atoms with Gasteiger partial charge in [0.25, 0.3) is 0 Å². The maximum Gasteiger partial charge on any atom is 0.407 e. The van der Waals surface area contributed by atoms with E-state index in [-0.39, 0.29) is 0 Å². The smallest absolute Gasteiger partial charge is 0.407 e. The molecule has 3 rings (SSSR count). The number of carbonyl (C=O) groups is 1. The van der Waals surface area contributed by atoms with Crippen molar-refractivity contribution in [1.82, 2.24) is 14.9 Å². The third kappa shape index (κ3) is 2.29. The predicted octanol–water partition coefficient (Wildman–Crippen LogP) is 1.38. The van der Waals surface area contributed by atoms with Gasteiger partial charge in [0.1, 0.15) is 0 Å². The number of carboxylic acid groups (broad SMARTS) is 1. The molecule has 6 heteroatoms. The predicted molar refractivity (Wildman–Crippen MR) is 70.5 cm³/mol. The lowest BCUT2D eigenvalue weighted by molar-refractivity contribution is 0.142. The summed E-state index contributed by atoms with van der Waals surface area (Å²) in [7, 11) is 0. The average Bonchev–Trinajstić information content (AvgIpc) is 2.70. The van der Waals surface area contributed by atoms with E-state index in [9.17, 15) is 4.79 Å². The molecule has 2 aliphatic heterocycles. The molecule has 0 bridgehead atoms. The van der Waals surface area contributed by atoms with Crippen LogP contribution in [0.15, 0.2) is 30.3 Å². The number of hydrogen-bond acceptors (Lipinski definition) is 4. The zero-order valence-corrected chi connectivity index (χ0v) is 10.4. The Labute approximate surface area is 110 Å². The van der Waals surface area contributed by atoms with E-state index in [0.29, 0.717) is 32.1 Å². The van der Waals surface area contributed by atoms with Crippen LogP contribution in [0.3, 0.4) is 0 Å². The van der Waals surface area contributed by atoms with Crippen LogP contribution >= 0.6 is 0 Å². The Bertz CT molecular complexity index is 536. The van der Waals surface area contributed by atoms with Crippen molar-refractivity contribution >= 4 is 12.0 Å². The van der Waals surface area contributed by atoms with Gasteiger partial charge in [0.2, 0.25) is 5.95 Å². The molecule has 1 aliphatic carbocycles. The highest BCUT2D eigenvalue weighted by Gasteiger charge is 2.23. The van der Waals surface area contributed by atoms with Crippen molar-refractivity contribution in [2.45, 2.75) is 0 Å². The van der Waals surface area contributed by atoms with Crippen molar-refractivity contribution < 1.29 is 9.90 Å². The van der Waals surface area contributed by atoms with E-state index in [1.54, 1.807) is 0 Å². The summed E-state index contributed by atoms with van der Waals surface area (Å²) in [6, 6.07) is 9.67. The van der Waals surface area contributed by atoms with Crippen LogP contribution in [0.5, 0.6) is 0 Å². The second kappa shape index (κ2) is 4.72. The zero-order valence-electron chi connectivity index (χ0n) is 10.4. The average molecular weight is 258 g/mol. The minimum absolute atomic E-state index is 0.494. The van der Waals surface area contributed by atoms with Gasteiger partial charge in [0.05, 0.1) is 11.4 Å². The molecule has 0 saturated carbocycles. The normalized spacial score (nSPS) is 15.8. The fourth-order valence-corrected chi connectivity index (χ4v) is 2.20. The fraction of sp³-hybridized carbons (Fsp3) is 0.308. The van der Waals surface area contributed by atoms with Gasteiger partial charge in [0.15, 0.2) is 0 Å². The maximum atomic E-state index is 10.8. The fourth-order valence-electron chi connectivity index (χ4n) is 2.20. The Morgan fingerprint density at radius 1 is 1.00 bits per heavy atom. The van der Waals surface area contributed by atoms with Crippen LogP contribution in [0.25, 0.3) is 11.4 Å². The van der Waals surface area contributed by atoms with Crippen LogP contribution in [0.2, 0.25) is 0 Å². The molecule has 1 saturated heterocycles. The standard InChI is InChI=1S/C13H14N4O2/c18-13(19)17-8-6-16(7-9-17)12-14-10-4-2-1-3-5-11(10)15-12/h1-5H,6-9H2,(H,18,19). The number of aromatic nitrogens is 2. The molecule has 0 unspecified atom stereocenters. The molecule has 0 aromatic heterocycles. The monoisotopic (exact) mass is 258 g/mol. The van der Waals surface area contributed by atoms with Crippen molar-refractivity contribution in [1.29, 1.82) is 0 Å². The van der Waals surface area contributed by atoms with E-state index in [0.717, 1.165) is 11.4 Å². The van der Waals surface area contributed by atoms with E-state index < -0.39 is 6.09 Å². The van der Waals surface area contributed by atoms with Crippen LogP contribution in [-0.2, 0) is 0 Å². The number of hydrogen-bond donors (Lipinski definition) is 1. The van der Waals surface area contributed by atoms with Crippen molar-refractivity contribution in [3.63, 3.8) is 0 Å². The first-order valence-corrected chi connectivity index (χ1v) is 6.19. The molecule has 0 atom stereocenters. The van der Waals surface area contributed by atoms with E-state index in [1.165, 1.54) is 4.90 Å². The Morgan fingerprint density at radius 2 is 1.58 bits per heavy atom. The van der Waals surface area contributed by atoms with Crippen molar-refractivity contribution in [3.8, 4) is 11.4 Å². The summed E-state index contributed by atoms with van der Waals surface area (Å²) in [6.45, 7) is 2.26. The number of fused-ring (bicyclic) bond motifs is 1. The minimum atomic E-state index is -0.861. The molecule has 3 aliphatic rings. The molecule has 19 heavy (non-hydrogen) atoms. The molecule has 0 aromatic carbocycles. The highest BCUT2D eigenvalue weighted by Crippen LogP contribution is 2.22. The van der Waals surface area contributed by atoms with Gasteiger partial charge < -0.3 is 14.9 Å². The number of piperazine rings is 1. The van der Waals surface area contributed by atoms with Gasteiger partial charge >= 0.3 is 6.09 Å². The largest absolute Gasteiger partial charge is 0.465 e. The van der Waals surface area contributed by atoms with Crippen LogP contribution < -0.4 is 4.90 Å². The minimum Gasteiger partial charge on any atom is -0.465 e. The van der Waals surface area contributed by atoms with Crippen LogP contribution in [0.1, 0.15) is 0 Å². The summed E-state index contributed by atoms with van der Waals surface area (Å²) in [5.41, 5.74) is 1.72. The molecule has 1 N–H and O–H groups in total. The summed E-state index contributed by atoms with van der Waals surface area (Å²) in [5.74, 6) is 0.686. The summed E-state index contributed by atoms with van der Waals surface area (Å²) in [6.07, 6.45) is -0.861. The summed E-state index contributed by atoms with van der Waals surface area (Å²) in [5, 5.41) is 8.91. The van der Waals surface area contributed by atoms with Gasteiger partial charge in [-0.15, -0.1) is 0 Å². The Balaban J connectivity index is 1.79. The van der Waals surface area contributed by atoms with Crippen molar-refractivity contribution in [2.24, 2.45) is 0 Å². The highest BCUT2D eigenvalue weighted by molar-refractivity contribution is 5.65. The second-order valence-electron chi connectivity index (χ2n) is 4.46. The van der Waals surface area contributed by atoms with E-state index in [1.807, 2.05) is 35.2 Å². The molecular formula is C13H14N4O2. The van der Waals surface area contributed by atoms with Gasteiger partial charge in [-0.25, -0.2) is 14.8 Å². The van der Waals surface area contributed by atoms with Gasteiger partial charge in [-0.3, -0.25) is 0 Å². The molecule has 2 heterocycles. The van der Waals surface area contributed by atoms with E-state index in [2.05, 4.69) is 9.97 Å². The summed E-state index contributed by atoms with van der Waals surface area (Å²) >= 11 is 0. The zero-order chi connectivity index (χ0) is 13.2. The van der Waals surface area contributed by atoms with Crippen molar-refractivity contribution in [2.75, 3.05) is 31.1 Å². The number of rotatable bonds is 1. The van der Waals surface area contributed by atoms with Crippen LogP contribution in [0, 0.1) is 0 Å². The highest BCUT2D eigenvalue weighted by atomic mass is 16.4. The molecule has 0 spiro atoms. The van der Waals surface area contributed by atoms with Crippen molar-refractivity contribution in [3.05, 3.63) is 30.3 Å². The SMILES string of the molecule is O=C(O)N1CCN(c2nc3cccccc-3n2)CC1. The topological polar surface area (TPSA) is 69.6 Å². The quantitative estimate of drug-likeness (QED) is 0.836. The van der Waals surface area contributed by atoms with Gasteiger partial charge in [-0.05, 0) is 12.1 Å². The second-order valence-corrected chi connectivity index (χ2v) is 4.46. The summed E-state index contributed by atoms with van der Waals surface area (Å²) < 4.78 is 0. The number of nitrogens with zero attached hydrogens (tertiary/aromatic N) is 4. The van der Waals surface area contributed by atoms with E-state index in [4.69, 9.17) is 5.11 Å². The first-order chi connectivity index (χ1) is 9.24. The lowest BCUT2D eigenvalue weighted by Crippen LogP contribution is -2.48. The van der Waals surface area contributed by atoms with Crippen LogP contribution in [-0.4, -0.2) is 52.2 Å². The maximum absolute atomic E-state index is 10.8. The molecular weight excluding hydrogens is 244 g/mol. The number of amides is 1.